The number of unbranched alkanes of at least 4 members (excludes halogenated alkanes) is 18. The van der Waals surface area contributed by atoms with Gasteiger partial charge in [0.15, 0.2) is 0 Å². The molecule has 0 aliphatic rings. The Labute approximate surface area is 192 Å². The average molecular weight is 425 g/mol. The molecule has 0 aromatic carbocycles. The first-order valence-electron chi connectivity index (χ1n) is 14.2. The number of hydrogen-bond acceptors (Lipinski definition) is 2. The van der Waals surface area contributed by atoms with E-state index in [0.29, 0.717) is 0 Å². The molecule has 0 saturated carbocycles. The summed E-state index contributed by atoms with van der Waals surface area (Å²) in [5, 5.41) is 5.26. The molecule has 0 radical (unpaired) electrons. The lowest BCUT2D eigenvalue weighted by molar-refractivity contribution is -0.00499. The minimum Gasteiger partial charge on any atom is -0.245 e. The SMILES string of the molecule is CCCCCCCCCN(C)N(CCCCCCCCC)CCCCCCCCC. The van der Waals surface area contributed by atoms with E-state index >= 15 is 0 Å². The first-order valence-corrected chi connectivity index (χ1v) is 14.2. The summed E-state index contributed by atoms with van der Waals surface area (Å²) < 4.78 is 0. The van der Waals surface area contributed by atoms with E-state index in [1.54, 1.807) is 0 Å². The highest BCUT2D eigenvalue weighted by atomic mass is 15.6. The van der Waals surface area contributed by atoms with Crippen molar-refractivity contribution in [2.24, 2.45) is 0 Å². The summed E-state index contributed by atoms with van der Waals surface area (Å²) in [6.07, 6.45) is 29.7. The monoisotopic (exact) mass is 424 g/mol. The van der Waals surface area contributed by atoms with Crippen LogP contribution in [0, 0.1) is 0 Å². The molecule has 0 aromatic rings. The fourth-order valence-corrected chi connectivity index (χ4v) is 4.40. The first-order chi connectivity index (χ1) is 14.8. The van der Waals surface area contributed by atoms with Crippen LogP contribution in [0.4, 0.5) is 0 Å². The van der Waals surface area contributed by atoms with Gasteiger partial charge in [-0.1, -0.05) is 136 Å². The predicted molar refractivity (Wildman–Crippen MR) is 138 cm³/mol. The van der Waals surface area contributed by atoms with Gasteiger partial charge in [-0.2, -0.15) is 0 Å². The van der Waals surface area contributed by atoms with Crippen molar-refractivity contribution in [2.75, 3.05) is 26.7 Å². The summed E-state index contributed by atoms with van der Waals surface area (Å²) in [5.74, 6) is 0. The molecule has 0 saturated heterocycles. The van der Waals surface area contributed by atoms with Gasteiger partial charge in [0.2, 0.25) is 0 Å². The second-order valence-corrected chi connectivity index (χ2v) is 9.70. The van der Waals surface area contributed by atoms with E-state index in [4.69, 9.17) is 0 Å². The zero-order valence-electron chi connectivity index (χ0n) is 21.9. The van der Waals surface area contributed by atoms with E-state index < -0.39 is 0 Å². The van der Waals surface area contributed by atoms with Crippen molar-refractivity contribution >= 4 is 0 Å². The van der Waals surface area contributed by atoms with Gasteiger partial charge in [-0.3, -0.25) is 0 Å². The van der Waals surface area contributed by atoms with Crippen molar-refractivity contribution in [2.45, 2.75) is 156 Å². The molecule has 0 aliphatic heterocycles. The smallest absolute Gasteiger partial charge is 0.0133 e. The predicted octanol–water partition coefficient (Wildman–Crippen LogP) is 9.39. The molecule has 0 N–H and O–H groups in total. The van der Waals surface area contributed by atoms with Gasteiger partial charge in [-0.15, -0.1) is 0 Å². The molecule has 2 heteroatoms. The summed E-state index contributed by atoms with van der Waals surface area (Å²) in [7, 11) is 2.35. The Balaban J connectivity index is 4.02. The molecule has 0 atom stereocenters. The Kier molecular flexibility index (Phi) is 25.1. The van der Waals surface area contributed by atoms with Crippen LogP contribution in [0.5, 0.6) is 0 Å². The minimum atomic E-state index is 1.25. The highest BCUT2D eigenvalue weighted by molar-refractivity contribution is 4.59. The summed E-state index contributed by atoms with van der Waals surface area (Å²) in [4.78, 5) is 0. The Morgan fingerprint density at radius 1 is 0.333 bits per heavy atom. The van der Waals surface area contributed by atoms with Crippen molar-refractivity contribution < 1.29 is 0 Å². The van der Waals surface area contributed by atoms with Crippen LogP contribution in [0.1, 0.15) is 156 Å². The molecular weight excluding hydrogens is 364 g/mol. The van der Waals surface area contributed by atoms with Crippen molar-refractivity contribution in [3.63, 3.8) is 0 Å². The molecular formula is C28H60N2. The first kappa shape index (κ1) is 29.9. The van der Waals surface area contributed by atoms with Crippen molar-refractivity contribution in [3.05, 3.63) is 0 Å². The normalized spacial score (nSPS) is 11.8. The summed E-state index contributed by atoms with van der Waals surface area (Å²) >= 11 is 0. The van der Waals surface area contributed by atoms with Crippen LogP contribution in [0.15, 0.2) is 0 Å². The Morgan fingerprint density at radius 2 is 0.600 bits per heavy atom. The molecule has 0 amide bonds. The van der Waals surface area contributed by atoms with Crippen LogP contribution in [-0.4, -0.2) is 36.7 Å². The zero-order valence-corrected chi connectivity index (χ0v) is 21.9. The van der Waals surface area contributed by atoms with Crippen molar-refractivity contribution in [3.8, 4) is 0 Å². The lowest BCUT2D eigenvalue weighted by Gasteiger charge is -2.32. The second-order valence-electron chi connectivity index (χ2n) is 9.70. The maximum Gasteiger partial charge on any atom is 0.0133 e. The number of hydrazine groups is 1. The van der Waals surface area contributed by atoms with Gasteiger partial charge in [0.05, 0.1) is 0 Å². The van der Waals surface area contributed by atoms with Gasteiger partial charge in [-0.25, -0.2) is 10.0 Å². The van der Waals surface area contributed by atoms with E-state index in [2.05, 4.69) is 37.8 Å². The Hall–Kier alpha value is -0.0800. The van der Waals surface area contributed by atoms with Crippen molar-refractivity contribution in [1.82, 2.24) is 10.0 Å². The van der Waals surface area contributed by atoms with E-state index in [0.717, 1.165) is 0 Å². The molecule has 30 heavy (non-hydrogen) atoms. The fourth-order valence-electron chi connectivity index (χ4n) is 4.40. The van der Waals surface area contributed by atoms with E-state index in [9.17, 15) is 0 Å². The maximum atomic E-state index is 2.69. The van der Waals surface area contributed by atoms with Gasteiger partial charge in [-0.05, 0) is 19.3 Å². The topological polar surface area (TPSA) is 6.48 Å². The fraction of sp³-hybridized carbons (Fsp3) is 1.00. The highest BCUT2D eigenvalue weighted by Crippen LogP contribution is 2.12. The van der Waals surface area contributed by atoms with Crippen molar-refractivity contribution in [1.29, 1.82) is 0 Å². The highest BCUT2D eigenvalue weighted by Gasteiger charge is 2.10. The van der Waals surface area contributed by atoms with E-state index in [1.807, 2.05) is 0 Å². The van der Waals surface area contributed by atoms with E-state index in [1.165, 1.54) is 154 Å². The van der Waals surface area contributed by atoms with Gasteiger partial charge < -0.3 is 0 Å². The van der Waals surface area contributed by atoms with Gasteiger partial charge in [0.25, 0.3) is 0 Å². The Bertz CT molecular complexity index is 287. The van der Waals surface area contributed by atoms with Crippen LogP contribution in [0.25, 0.3) is 0 Å². The van der Waals surface area contributed by atoms with Gasteiger partial charge >= 0.3 is 0 Å². The van der Waals surface area contributed by atoms with Gasteiger partial charge in [0.1, 0.15) is 0 Å². The number of hydrogen-bond donors (Lipinski definition) is 0. The Morgan fingerprint density at radius 3 is 0.933 bits per heavy atom. The maximum absolute atomic E-state index is 2.69. The minimum absolute atomic E-state index is 1.25. The average Bonchev–Trinajstić information content (AvgIpc) is 2.75. The largest absolute Gasteiger partial charge is 0.245 e. The molecule has 0 unspecified atom stereocenters. The molecule has 0 spiro atoms. The van der Waals surface area contributed by atoms with E-state index in [-0.39, 0.29) is 0 Å². The summed E-state index contributed by atoms with van der Waals surface area (Å²) in [6, 6.07) is 0. The summed E-state index contributed by atoms with van der Waals surface area (Å²) in [5.41, 5.74) is 0. The zero-order chi connectivity index (χ0) is 22.1. The quantitative estimate of drug-likeness (QED) is 0.106. The molecule has 0 aromatic heterocycles. The third-order valence-electron chi connectivity index (χ3n) is 6.61. The molecule has 0 heterocycles. The lowest BCUT2D eigenvalue weighted by atomic mass is 10.1. The molecule has 0 fully saturated rings. The third kappa shape index (κ3) is 21.2. The van der Waals surface area contributed by atoms with Crippen LogP contribution in [-0.2, 0) is 0 Å². The molecule has 0 rings (SSSR count). The molecule has 0 bridgehead atoms. The summed E-state index contributed by atoms with van der Waals surface area (Å²) in [6.45, 7) is 10.7. The standard InChI is InChI=1S/C28H60N2/c1-5-8-11-14-17-20-23-26-29(4)30(27-24-21-18-15-12-9-6-2)28-25-22-19-16-13-10-7-3/h5-28H2,1-4H3. The number of rotatable bonds is 25. The van der Waals surface area contributed by atoms with Crippen LogP contribution in [0.2, 0.25) is 0 Å². The number of nitrogens with zero attached hydrogens (tertiary/aromatic N) is 2. The van der Waals surface area contributed by atoms with Gasteiger partial charge in [0, 0.05) is 26.7 Å². The third-order valence-corrected chi connectivity index (χ3v) is 6.61. The molecule has 2 nitrogen and oxygen atoms in total. The molecule has 182 valence electrons. The second kappa shape index (κ2) is 25.2. The van der Waals surface area contributed by atoms with Crippen LogP contribution >= 0.6 is 0 Å². The molecule has 0 aliphatic carbocycles. The van der Waals surface area contributed by atoms with Crippen LogP contribution < -0.4 is 0 Å². The lowest BCUT2D eigenvalue weighted by Crippen LogP contribution is -2.41. The van der Waals surface area contributed by atoms with Crippen LogP contribution in [0.3, 0.4) is 0 Å².